The van der Waals surface area contributed by atoms with Crippen molar-refractivity contribution in [3.05, 3.63) is 75.7 Å². The maximum absolute atomic E-state index is 12.7. The standard InChI is InChI=1S/C21H21N3O6/c1-14-19(23-20(30-14)15-6-4-3-5-7-15)13-29-21(25)17-12-16(24(26)27)8-9-18(17)22-10-11-28-2/h3-9,12,22H,10-11,13H2,1-2H3. The van der Waals surface area contributed by atoms with E-state index in [1.165, 1.54) is 18.2 Å². The van der Waals surface area contributed by atoms with Gasteiger partial charge in [-0.05, 0) is 25.1 Å². The molecule has 2 aromatic carbocycles. The number of non-ortho nitro benzene ring substituents is 1. The molecule has 0 fully saturated rings. The van der Waals surface area contributed by atoms with Crippen molar-refractivity contribution in [2.24, 2.45) is 0 Å². The average Bonchev–Trinajstić information content (AvgIpc) is 3.13. The van der Waals surface area contributed by atoms with E-state index in [1.54, 1.807) is 14.0 Å². The van der Waals surface area contributed by atoms with E-state index in [4.69, 9.17) is 13.9 Å². The summed E-state index contributed by atoms with van der Waals surface area (Å²) in [5.74, 6) is 0.248. The predicted molar refractivity (Wildman–Crippen MR) is 109 cm³/mol. The van der Waals surface area contributed by atoms with Crippen molar-refractivity contribution in [1.82, 2.24) is 4.98 Å². The molecule has 0 unspecified atom stereocenters. The summed E-state index contributed by atoms with van der Waals surface area (Å²) in [4.78, 5) is 27.6. The Labute approximate surface area is 172 Å². The molecule has 1 N–H and O–H groups in total. The lowest BCUT2D eigenvalue weighted by atomic mass is 10.1. The Morgan fingerprint density at radius 2 is 2.00 bits per heavy atom. The molecule has 1 heterocycles. The van der Waals surface area contributed by atoms with Crippen molar-refractivity contribution in [2.45, 2.75) is 13.5 Å². The number of hydrogen-bond donors (Lipinski definition) is 1. The van der Waals surface area contributed by atoms with Gasteiger partial charge in [-0.3, -0.25) is 10.1 Å². The monoisotopic (exact) mass is 411 g/mol. The zero-order valence-electron chi connectivity index (χ0n) is 16.6. The molecule has 3 aromatic rings. The Hall–Kier alpha value is -3.72. The van der Waals surface area contributed by atoms with Crippen LogP contribution in [0.15, 0.2) is 52.9 Å². The fraction of sp³-hybridized carbons (Fsp3) is 0.238. The zero-order valence-corrected chi connectivity index (χ0v) is 16.6. The van der Waals surface area contributed by atoms with Gasteiger partial charge in [-0.2, -0.15) is 0 Å². The fourth-order valence-corrected chi connectivity index (χ4v) is 2.73. The number of benzene rings is 2. The quantitative estimate of drug-likeness (QED) is 0.243. The highest BCUT2D eigenvalue weighted by Crippen LogP contribution is 2.25. The van der Waals surface area contributed by atoms with Crippen LogP contribution in [0.3, 0.4) is 0 Å². The number of nitro groups is 1. The lowest BCUT2D eigenvalue weighted by Crippen LogP contribution is -2.13. The molecule has 0 aliphatic rings. The minimum absolute atomic E-state index is 0.0599. The largest absolute Gasteiger partial charge is 0.455 e. The van der Waals surface area contributed by atoms with E-state index < -0.39 is 10.9 Å². The molecule has 1 aromatic heterocycles. The Morgan fingerprint density at radius 3 is 2.70 bits per heavy atom. The second-order valence-electron chi connectivity index (χ2n) is 6.37. The van der Waals surface area contributed by atoms with Gasteiger partial charge in [-0.1, -0.05) is 18.2 Å². The number of ether oxygens (including phenoxy) is 2. The lowest BCUT2D eigenvalue weighted by molar-refractivity contribution is -0.384. The highest BCUT2D eigenvalue weighted by Gasteiger charge is 2.20. The van der Waals surface area contributed by atoms with E-state index >= 15 is 0 Å². The van der Waals surface area contributed by atoms with Crippen LogP contribution in [0.5, 0.6) is 0 Å². The molecule has 0 spiro atoms. The Bertz CT molecular complexity index is 1030. The summed E-state index contributed by atoms with van der Waals surface area (Å²) in [7, 11) is 1.55. The van der Waals surface area contributed by atoms with Crippen molar-refractivity contribution in [2.75, 3.05) is 25.6 Å². The molecule has 3 rings (SSSR count). The first kappa shape index (κ1) is 21.0. The van der Waals surface area contributed by atoms with Crippen LogP contribution in [0.4, 0.5) is 11.4 Å². The van der Waals surface area contributed by atoms with E-state index in [2.05, 4.69) is 10.3 Å². The fourth-order valence-electron chi connectivity index (χ4n) is 2.73. The van der Waals surface area contributed by atoms with Gasteiger partial charge in [0.2, 0.25) is 5.89 Å². The average molecular weight is 411 g/mol. The van der Waals surface area contributed by atoms with Gasteiger partial charge in [0.25, 0.3) is 5.69 Å². The smallest absolute Gasteiger partial charge is 0.340 e. The molecule has 0 saturated carbocycles. The highest BCUT2D eigenvalue weighted by molar-refractivity contribution is 5.96. The van der Waals surface area contributed by atoms with E-state index in [1.807, 2.05) is 30.3 Å². The molecular weight excluding hydrogens is 390 g/mol. The van der Waals surface area contributed by atoms with Gasteiger partial charge < -0.3 is 19.2 Å². The van der Waals surface area contributed by atoms with Crippen LogP contribution in [0.2, 0.25) is 0 Å². The van der Waals surface area contributed by atoms with Crippen LogP contribution < -0.4 is 5.32 Å². The van der Waals surface area contributed by atoms with Crippen LogP contribution in [-0.4, -0.2) is 36.1 Å². The normalized spacial score (nSPS) is 10.6. The van der Waals surface area contributed by atoms with Crippen molar-refractivity contribution >= 4 is 17.3 Å². The van der Waals surface area contributed by atoms with Gasteiger partial charge in [0.05, 0.1) is 17.1 Å². The van der Waals surface area contributed by atoms with Crippen molar-refractivity contribution in [3.63, 3.8) is 0 Å². The summed E-state index contributed by atoms with van der Waals surface area (Å²) in [6, 6.07) is 13.3. The Balaban J connectivity index is 1.76. The number of nitrogens with zero attached hydrogens (tertiary/aromatic N) is 2. The third kappa shape index (κ3) is 5.00. The minimum Gasteiger partial charge on any atom is -0.455 e. The number of methoxy groups -OCH3 is 1. The number of aryl methyl sites for hydroxylation is 1. The van der Waals surface area contributed by atoms with Crippen molar-refractivity contribution in [3.8, 4) is 11.5 Å². The molecule has 0 atom stereocenters. The second kappa shape index (κ2) is 9.66. The first-order valence-electron chi connectivity index (χ1n) is 9.19. The number of aromatic nitrogens is 1. The molecule has 30 heavy (non-hydrogen) atoms. The van der Waals surface area contributed by atoms with Gasteiger partial charge in [0.1, 0.15) is 18.1 Å². The number of rotatable bonds is 9. The van der Waals surface area contributed by atoms with Crippen molar-refractivity contribution in [1.29, 1.82) is 0 Å². The Kier molecular flexibility index (Phi) is 6.76. The summed E-state index contributed by atoms with van der Waals surface area (Å²) in [5, 5.41) is 14.1. The maximum Gasteiger partial charge on any atom is 0.340 e. The third-order valence-corrected chi connectivity index (χ3v) is 4.31. The Morgan fingerprint density at radius 1 is 1.23 bits per heavy atom. The lowest BCUT2D eigenvalue weighted by Gasteiger charge is -2.11. The minimum atomic E-state index is -0.706. The molecule has 0 radical (unpaired) electrons. The van der Waals surface area contributed by atoms with Crippen LogP contribution >= 0.6 is 0 Å². The summed E-state index contributed by atoms with van der Waals surface area (Å²) in [6.45, 7) is 2.44. The number of carbonyl (C=O) groups is 1. The summed E-state index contributed by atoms with van der Waals surface area (Å²) < 4.78 is 16.0. The van der Waals surface area contributed by atoms with E-state index in [9.17, 15) is 14.9 Å². The van der Waals surface area contributed by atoms with E-state index in [-0.39, 0.29) is 17.9 Å². The molecular formula is C21H21N3O6. The molecule has 0 bridgehead atoms. The highest BCUT2D eigenvalue weighted by atomic mass is 16.6. The maximum atomic E-state index is 12.7. The van der Waals surface area contributed by atoms with Gasteiger partial charge in [-0.25, -0.2) is 9.78 Å². The first-order valence-corrected chi connectivity index (χ1v) is 9.19. The predicted octanol–water partition coefficient (Wildman–Crippen LogP) is 3.97. The van der Waals surface area contributed by atoms with Gasteiger partial charge in [0, 0.05) is 37.0 Å². The van der Waals surface area contributed by atoms with Crippen LogP contribution in [0, 0.1) is 17.0 Å². The number of anilines is 1. The van der Waals surface area contributed by atoms with Crippen LogP contribution in [0.1, 0.15) is 21.8 Å². The number of carbonyl (C=O) groups excluding carboxylic acids is 1. The number of hydrogen-bond acceptors (Lipinski definition) is 8. The molecule has 156 valence electrons. The molecule has 0 aliphatic heterocycles. The molecule has 0 saturated heterocycles. The molecule has 9 heteroatoms. The number of nitrogens with one attached hydrogen (secondary N) is 1. The van der Waals surface area contributed by atoms with Gasteiger partial charge in [-0.15, -0.1) is 0 Å². The SMILES string of the molecule is COCCNc1ccc([N+](=O)[O-])cc1C(=O)OCc1nc(-c2ccccc2)oc1C. The van der Waals surface area contributed by atoms with Gasteiger partial charge >= 0.3 is 5.97 Å². The van der Waals surface area contributed by atoms with E-state index in [0.29, 0.717) is 36.2 Å². The topological polar surface area (TPSA) is 117 Å². The molecule has 0 amide bonds. The number of esters is 1. The van der Waals surface area contributed by atoms with Crippen molar-refractivity contribution < 1.29 is 23.6 Å². The third-order valence-electron chi connectivity index (χ3n) is 4.31. The first-order chi connectivity index (χ1) is 14.5. The van der Waals surface area contributed by atoms with Crippen LogP contribution in [0.25, 0.3) is 11.5 Å². The van der Waals surface area contributed by atoms with Gasteiger partial charge in [0.15, 0.2) is 0 Å². The molecule has 0 aliphatic carbocycles. The molecule has 9 nitrogen and oxygen atoms in total. The van der Waals surface area contributed by atoms with Crippen LogP contribution in [-0.2, 0) is 16.1 Å². The summed E-state index contributed by atoms with van der Waals surface area (Å²) in [5.41, 5.74) is 1.56. The summed E-state index contributed by atoms with van der Waals surface area (Å²) in [6.07, 6.45) is 0. The summed E-state index contributed by atoms with van der Waals surface area (Å²) >= 11 is 0. The zero-order chi connectivity index (χ0) is 21.5. The van der Waals surface area contributed by atoms with E-state index in [0.717, 1.165) is 5.56 Å². The number of nitro benzene ring substituents is 1. The second-order valence-corrected chi connectivity index (χ2v) is 6.37. The number of oxazole rings is 1.